The molecule has 0 spiro atoms. The number of rotatable bonds is 3. The van der Waals surface area contributed by atoms with E-state index in [9.17, 15) is 0 Å². The van der Waals surface area contributed by atoms with E-state index >= 15 is 0 Å². The summed E-state index contributed by atoms with van der Waals surface area (Å²) in [5, 5.41) is 9.23. The monoisotopic (exact) mass is 272 g/mol. The van der Waals surface area contributed by atoms with Crippen molar-refractivity contribution in [3.63, 3.8) is 0 Å². The third-order valence-electron chi connectivity index (χ3n) is 4.66. The molecule has 4 heteroatoms. The van der Waals surface area contributed by atoms with E-state index < -0.39 is 0 Å². The summed E-state index contributed by atoms with van der Waals surface area (Å²) in [6.07, 6.45) is 8.54. The maximum Gasteiger partial charge on any atom is 0.157 e. The third kappa shape index (κ3) is 2.51. The van der Waals surface area contributed by atoms with Crippen molar-refractivity contribution in [2.45, 2.75) is 52.0 Å². The second kappa shape index (κ2) is 5.43. The fourth-order valence-corrected chi connectivity index (χ4v) is 3.34. The van der Waals surface area contributed by atoms with Crippen molar-refractivity contribution in [1.29, 1.82) is 0 Å². The van der Waals surface area contributed by atoms with Crippen molar-refractivity contribution in [2.75, 3.05) is 5.32 Å². The lowest BCUT2D eigenvalue weighted by Crippen LogP contribution is -2.25. The second-order valence-electron chi connectivity index (χ2n) is 6.07. The van der Waals surface area contributed by atoms with Crippen LogP contribution in [0.3, 0.4) is 0 Å². The molecule has 2 heterocycles. The van der Waals surface area contributed by atoms with Gasteiger partial charge in [0.1, 0.15) is 0 Å². The van der Waals surface area contributed by atoms with Gasteiger partial charge in [-0.1, -0.05) is 13.3 Å². The third-order valence-corrected chi connectivity index (χ3v) is 4.66. The highest BCUT2D eigenvalue weighted by Crippen LogP contribution is 2.29. The van der Waals surface area contributed by atoms with Crippen LogP contribution in [-0.2, 0) is 7.05 Å². The Balaban J connectivity index is 1.73. The highest BCUT2D eigenvalue weighted by Gasteiger charge is 2.20. The van der Waals surface area contributed by atoms with Gasteiger partial charge in [-0.25, -0.2) is 4.98 Å². The molecule has 0 unspecified atom stereocenters. The van der Waals surface area contributed by atoms with E-state index in [1.807, 2.05) is 24.9 Å². The van der Waals surface area contributed by atoms with Gasteiger partial charge in [0, 0.05) is 18.5 Å². The molecule has 4 nitrogen and oxygen atoms in total. The molecule has 2 aromatic rings. The first-order chi connectivity index (χ1) is 9.67. The smallest absolute Gasteiger partial charge is 0.157 e. The van der Waals surface area contributed by atoms with Gasteiger partial charge in [0.15, 0.2) is 5.65 Å². The van der Waals surface area contributed by atoms with Gasteiger partial charge in [0.25, 0.3) is 0 Å². The molecule has 0 aliphatic heterocycles. The van der Waals surface area contributed by atoms with Crippen LogP contribution >= 0.6 is 0 Å². The summed E-state index contributed by atoms with van der Waals surface area (Å²) in [5.74, 6) is 0.939. The van der Waals surface area contributed by atoms with Crippen LogP contribution in [0.15, 0.2) is 12.3 Å². The SMILES string of the molecule is CCC1CCC(Nc2cnc3c(c2)c(C)nn3C)CC1. The first-order valence-electron chi connectivity index (χ1n) is 7.73. The Bertz CT molecular complexity index is 594. The van der Waals surface area contributed by atoms with Gasteiger partial charge in [-0.15, -0.1) is 0 Å². The average molecular weight is 272 g/mol. The topological polar surface area (TPSA) is 42.7 Å². The summed E-state index contributed by atoms with van der Waals surface area (Å²) in [6, 6.07) is 2.80. The Morgan fingerprint density at radius 3 is 2.75 bits per heavy atom. The number of hydrogen-bond acceptors (Lipinski definition) is 3. The van der Waals surface area contributed by atoms with Crippen LogP contribution in [0.5, 0.6) is 0 Å². The van der Waals surface area contributed by atoms with Gasteiger partial charge < -0.3 is 5.32 Å². The standard InChI is InChI=1S/C16H24N4/c1-4-12-5-7-13(8-6-12)18-14-9-15-11(2)19-20(3)16(15)17-10-14/h9-10,12-13,18H,4-8H2,1-3H3. The van der Waals surface area contributed by atoms with E-state index in [4.69, 9.17) is 0 Å². The fraction of sp³-hybridized carbons (Fsp3) is 0.625. The van der Waals surface area contributed by atoms with Gasteiger partial charge in [0.2, 0.25) is 0 Å². The molecular formula is C16H24N4. The Kier molecular flexibility index (Phi) is 3.64. The molecule has 3 rings (SSSR count). The molecular weight excluding hydrogens is 248 g/mol. The lowest BCUT2D eigenvalue weighted by Gasteiger charge is -2.29. The summed E-state index contributed by atoms with van der Waals surface area (Å²) in [4.78, 5) is 4.54. The number of nitrogens with zero attached hydrogens (tertiary/aromatic N) is 3. The van der Waals surface area contributed by atoms with Crippen molar-refractivity contribution in [3.8, 4) is 0 Å². The van der Waals surface area contributed by atoms with E-state index in [2.05, 4.69) is 28.4 Å². The molecule has 0 radical (unpaired) electrons. The molecule has 0 bridgehead atoms. The van der Waals surface area contributed by atoms with Gasteiger partial charge in [0.05, 0.1) is 17.6 Å². The van der Waals surface area contributed by atoms with Crippen molar-refractivity contribution in [3.05, 3.63) is 18.0 Å². The molecule has 2 aromatic heterocycles. The molecule has 0 atom stereocenters. The Labute approximate surface area is 120 Å². The molecule has 108 valence electrons. The second-order valence-corrected chi connectivity index (χ2v) is 6.07. The van der Waals surface area contributed by atoms with Crippen molar-refractivity contribution < 1.29 is 0 Å². The molecule has 1 aliphatic rings. The minimum atomic E-state index is 0.606. The molecule has 0 aromatic carbocycles. The summed E-state index contributed by atoms with van der Waals surface area (Å²) in [7, 11) is 1.95. The van der Waals surface area contributed by atoms with E-state index in [-0.39, 0.29) is 0 Å². The maximum absolute atomic E-state index is 4.54. The van der Waals surface area contributed by atoms with Crippen LogP contribution < -0.4 is 5.32 Å². The Morgan fingerprint density at radius 2 is 2.05 bits per heavy atom. The molecule has 1 saturated carbocycles. The number of aryl methyl sites for hydroxylation is 2. The van der Waals surface area contributed by atoms with E-state index in [1.54, 1.807) is 0 Å². The average Bonchev–Trinajstić information content (AvgIpc) is 2.75. The van der Waals surface area contributed by atoms with E-state index in [0.29, 0.717) is 6.04 Å². The van der Waals surface area contributed by atoms with Gasteiger partial charge >= 0.3 is 0 Å². The van der Waals surface area contributed by atoms with Crippen LogP contribution in [0.4, 0.5) is 5.69 Å². The fourth-order valence-electron chi connectivity index (χ4n) is 3.34. The minimum absolute atomic E-state index is 0.606. The number of nitrogens with one attached hydrogen (secondary N) is 1. The Hall–Kier alpha value is -1.58. The molecule has 20 heavy (non-hydrogen) atoms. The van der Waals surface area contributed by atoms with Crippen LogP contribution in [0, 0.1) is 12.8 Å². The van der Waals surface area contributed by atoms with E-state index in [0.717, 1.165) is 28.3 Å². The van der Waals surface area contributed by atoms with Crippen LogP contribution in [0.1, 0.15) is 44.7 Å². The first kappa shape index (κ1) is 13.4. The van der Waals surface area contributed by atoms with Crippen molar-refractivity contribution in [1.82, 2.24) is 14.8 Å². The summed E-state index contributed by atoms with van der Waals surface area (Å²) in [6.45, 7) is 4.35. The zero-order valence-electron chi connectivity index (χ0n) is 12.7. The number of pyridine rings is 1. The predicted octanol–water partition coefficient (Wildman–Crippen LogP) is 3.66. The lowest BCUT2D eigenvalue weighted by molar-refractivity contribution is 0.330. The molecule has 1 fully saturated rings. The lowest BCUT2D eigenvalue weighted by atomic mass is 9.84. The van der Waals surface area contributed by atoms with Crippen LogP contribution in [-0.4, -0.2) is 20.8 Å². The summed E-state index contributed by atoms with van der Waals surface area (Å²) < 4.78 is 1.85. The van der Waals surface area contributed by atoms with Crippen LogP contribution in [0.25, 0.3) is 11.0 Å². The summed E-state index contributed by atoms with van der Waals surface area (Å²) >= 11 is 0. The molecule has 1 N–H and O–H groups in total. The molecule has 0 saturated heterocycles. The number of aromatic nitrogens is 3. The molecule has 0 amide bonds. The summed E-state index contributed by atoms with van der Waals surface area (Å²) in [5.41, 5.74) is 3.14. The number of anilines is 1. The van der Waals surface area contributed by atoms with Gasteiger partial charge in [-0.3, -0.25) is 4.68 Å². The first-order valence-corrected chi connectivity index (χ1v) is 7.73. The zero-order valence-corrected chi connectivity index (χ0v) is 12.7. The molecule has 1 aliphatic carbocycles. The van der Waals surface area contributed by atoms with Crippen molar-refractivity contribution in [2.24, 2.45) is 13.0 Å². The largest absolute Gasteiger partial charge is 0.381 e. The van der Waals surface area contributed by atoms with Crippen LogP contribution in [0.2, 0.25) is 0 Å². The Morgan fingerprint density at radius 1 is 1.30 bits per heavy atom. The number of fused-ring (bicyclic) bond motifs is 1. The zero-order chi connectivity index (χ0) is 14.1. The normalized spacial score (nSPS) is 23.1. The van der Waals surface area contributed by atoms with Gasteiger partial charge in [-0.05, 0) is 44.6 Å². The van der Waals surface area contributed by atoms with E-state index in [1.165, 1.54) is 32.1 Å². The van der Waals surface area contributed by atoms with Gasteiger partial charge in [-0.2, -0.15) is 5.10 Å². The number of hydrogen-bond donors (Lipinski definition) is 1. The maximum atomic E-state index is 4.54. The van der Waals surface area contributed by atoms with Crippen molar-refractivity contribution >= 4 is 16.7 Å². The minimum Gasteiger partial charge on any atom is -0.381 e. The quantitative estimate of drug-likeness (QED) is 0.927. The highest BCUT2D eigenvalue weighted by atomic mass is 15.3. The highest BCUT2D eigenvalue weighted by molar-refractivity contribution is 5.81. The predicted molar refractivity (Wildman–Crippen MR) is 82.9 cm³/mol.